The van der Waals surface area contributed by atoms with E-state index in [9.17, 15) is 9.59 Å². The Morgan fingerprint density at radius 2 is 2.06 bits per heavy atom. The number of carbonyl (C=O) groups is 2. The number of ketones is 1. The van der Waals surface area contributed by atoms with E-state index in [-0.39, 0.29) is 5.78 Å². The predicted molar refractivity (Wildman–Crippen MR) is 67.7 cm³/mol. The Morgan fingerprint density at radius 3 is 2.56 bits per heavy atom. The van der Waals surface area contributed by atoms with Gasteiger partial charge in [0.05, 0.1) is 0 Å². The van der Waals surface area contributed by atoms with E-state index < -0.39 is 11.7 Å². The summed E-state index contributed by atoms with van der Waals surface area (Å²) in [5, 5.41) is 6.53. The number of aromatic nitrogens is 2. The zero-order valence-corrected chi connectivity index (χ0v) is 11.4. The number of Topliss-reactive ketones (excluding diaryl/α,β-unsaturated/α-hetero) is 1. The minimum atomic E-state index is -0.587. The third kappa shape index (κ3) is 3.87. The summed E-state index contributed by atoms with van der Waals surface area (Å²) < 4.78 is 6.54. The molecule has 1 amide bonds. The third-order valence-electron chi connectivity index (χ3n) is 2.12. The van der Waals surface area contributed by atoms with Crippen LogP contribution in [0.15, 0.2) is 6.07 Å². The fourth-order valence-corrected chi connectivity index (χ4v) is 1.38. The minimum absolute atomic E-state index is 0.0257. The molecule has 0 saturated carbocycles. The number of nitrogens with zero attached hydrogens (tertiary/aromatic N) is 2. The Morgan fingerprint density at radius 1 is 1.44 bits per heavy atom. The topological polar surface area (TPSA) is 73.2 Å². The molecule has 0 radical (unpaired) electrons. The monoisotopic (exact) mass is 253 g/mol. The van der Waals surface area contributed by atoms with Gasteiger partial charge in [0, 0.05) is 19.5 Å². The molecular weight excluding hydrogens is 234 g/mol. The van der Waals surface area contributed by atoms with Gasteiger partial charge in [0.15, 0.2) is 11.6 Å². The van der Waals surface area contributed by atoms with Gasteiger partial charge in [-0.15, -0.1) is 0 Å². The van der Waals surface area contributed by atoms with Gasteiger partial charge in [-0.25, -0.2) is 4.79 Å². The largest absolute Gasteiger partial charge is 0.444 e. The van der Waals surface area contributed by atoms with Gasteiger partial charge in [-0.3, -0.25) is 14.8 Å². The molecule has 0 spiro atoms. The summed E-state index contributed by atoms with van der Waals surface area (Å²) >= 11 is 0. The Bertz CT molecular complexity index is 458. The van der Waals surface area contributed by atoms with Gasteiger partial charge >= 0.3 is 6.09 Å². The molecular formula is C12H19N3O3. The second kappa shape index (κ2) is 5.20. The summed E-state index contributed by atoms with van der Waals surface area (Å²) in [6.45, 7) is 7.10. The minimum Gasteiger partial charge on any atom is -0.444 e. The second-order valence-corrected chi connectivity index (χ2v) is 4.94. The summed E-state index contributed by atoms with van der Waals surface area (Å²) in [4.78, 5) is 23.1. The molecule has 0 bridgehead atoms. The van der Waals surface area contributed by atoms with Crippen molar-refractivity contribution in [1.29, 1.82) is 0 Å². The van der Waals surface area contributed by atoms with E-state index in [0.717, 1.165) is 0 Å². The van der Waals surface area contributed by atoms with Crippen LogP contribution < -0.4 is 5.32 Å². The van der Waals surface area contributed by atoms with Gasteiger partial charge in [0.25, 0.3) is 0 Å². The molecule has 1 aromatic rings. The van der Waals surface area contributed by atoms with E-state index in [1.54, 1.807) is 34.7 Å². The molecule has 0 unspecified atom stereocenters. The van der Waals surface area contributed by atoms with E-state index in [2.05, 4.69) is 10.4 Å². The molecule has 0 atom stereocenters. The van der Waals surface area contributed by atoms with E-state index in [1.165, 1.54) is 10.7 Å². The van der Waals surface area contributed by atoms with Crippen LogP contribution in [0.1, 0.15) is 44.6 Å². The van der Waals surface area contributed by atoms with Crippen molar-refractivity contribution in [2.24, 2.45) is 7.05 Å². The lowest BCUT2D eigenvalue weighted by Gasteiger charge is -2.18. The number of hydrogen-bond donors (Lipinski definition) is 1. The van der Waals surface area contributed by atoms with Gasteiger partial charge in [-0.1, -0.05) is 6.92 Å². The lowest BCUT2D eigenvalue weighted by molar-refractivity contribution is 0.0635. The molecule has 1 aromatic heterocycles. The van der Waals surface area contributed by atoms with Crippen LogP contribution >= 0.6 is 0 Å². The maximum atomic E-state index is 11.6. The fourth-order valence-electron chi connectivity index (χ4n) is 1.38. The molecule has 1 N–H and O–H groups in total. The highest BCUT2D eigenvalue weighted by Crippen LogP contribution is 2.13. The van der Waals surface area contributed by atoms with Crippen LogP contribution in [0.3, 0.4) is 0 Å². The summed E-state index contributed by atoms with van der Waals surface area (Å²) in [5.41, 5.74) is -0.107. The van der Waals surface area contributed by atoms with Crippen molar-refractivity contribution in [2.75, 3.05) is 5.32 Å². The standard InChI is InChI=1S/C12H19N3O3/c1-6-9(16)8-7-10(14-15(8)5)13-11(17)18-12(2,3)4/h7H,6H2,1-5H3,(H,13,14,17). The van der Waals surface area contributed by atoms with Crippen LogP contribution in [0.25, 0.3) is 0 Å². The zero-order valence-electron chi connectivity index (χ0n) is 11.4. The summed E-state index contributed by atoms with van der Waals surface area (Å²) in [7, 11) is 1.66. The molecule has 0 aliphatic heterocycles. The highest BCUT2D eigenvalue weighted by molar-refractivity contribution is 5.95. The maximum Gasteiger partial charge on any atom is 0.413 e. The van der Waals surface area contributed by atoms with Crippen LogP contribution in [0, 0.1) is 0 Å². The molecule has 0 saturated heterocycles. The zero-order chi connectivity index (χ0) is 13.9. The molecule has 0 aromatic carbocycles. The van der Waals surface area contributed by atoms with E-state index in [0.29, 0.717) is 17.9 Å². The molecule has 0 aliphatic rings. The molecule has 1 heterocycles. The number of carbonyl (C=O) groups excluding carboxylic acids is 2. The van der Waals surface area contributed by atoms with E-state index >= 15 is 0 Å². The van der Waals surface area contributed by atoms with Crippen molar-refractivity contribution in [3.63, 3.8) is 0 Å². The number of ether oxygens (including phenoxy) is 1. The van der Waals surface area contributed by atoms with Crippen molar-refractivity contribution < 1.29 is 14.3 Å². The summed E-state index contributed by atoms with van der Waals surface area (Å²) in [5.74, 6) is 0.283. The first-order chi connectivity index (χ1) is 8.23. The Kier molecular flexibility index (Phi) is 4.11. The number of rotatable bonds is 3. The van der Waals surface area contributed by atoms with Crippen molar-refractivity contribution in [1.82, 2.24) is 9.78 Å². The van der Waals surface area contributed by atoms with E-state index in [4.69, 9.17) is 4.74 Å². The number of nitrogens with one attached hydrogen (secondary N) is 1. The normalized spacial score (nSPS) is 11.2. The molecule has 0 fully saturated rings. The average Bonchev–Trinajstić information content (AvgIpc) is 2.55. The van der Waals surface area contributed by atoms with Crippen LogP contribution in [0.5, 0.6) is 0 Å². The number of hydrogen-bond acceptors (Lipinski definition) is 4. The first-order valence-electron chi connectivity index (χ1n) is 5.80. The lowest BCUT2D eigenvalue weighted by Crippen LogP contribution is -2.27. The average molecular weight is 253 g/mol. The van der Waals surface area contributed by atoms with Crippen molar-refractivity contribution in [3.05, 3.63) is 11.8 Å². The highest BCUT2D eigenvalue weighted by atomic mass is 16.6. The highest BCUT2D eigenvalue weighted by Gasteiger charge is 2.18. The predicted octanol–water partition coefficient (Wildman–Crippen LogP) is 2.36. The van der Waals surface area contributed by atoms with Crippen molar-refractivity contribution in [3.8, 4) is 0 Å². The first-order valence-corrected chi connectivity index (χ1v) is 5.80. The molecule has 18 heavy (non-hydrogen) atoms. The Hall–Kier alpha value is -1.85. The number of aryl methyl sites for hydroxylation is 1. The smallest absolute Gasteiger partial charge is 0.413 e. The number of anilines is 1. The fraction of sp³-hybridized carbons (Fsp3) is 0.583. The van der Waals surface area contributed by atoms with Crippen molar-refractivity contribution in [2.45, 2.75) is 39.7 Å². The molecule has 6 heteroatoms. The first kappa shape index (κ1) is 14.2. The molecule has 0 aliphatic carbocycles. The van der Waals surface area contributed by atoms with Crippen LogP contribution in [-0.4, -0.2) is 27.3 Å². The number of amides is 1. The molecule has 100 valence electrons. The van der Waals surface area contributed by atoms with Crippen LogP contribution in [-0.2, 0) is 11.8 Å². The summed E-state index contributed by atoms with van der Waals surface area (Å²) in [6, 6.07) is 1.54. The Balaban J connectivity index is 2.75. The van der Waals surface area contributed by atoms with Crippen LogP contribution in [0.2, 0.25) is 0 Å². The third-order valence-corrected chi connectivity index (χ3v) is 2.12. The van der Waals surface area contributed by atoms with Gasteiger partial charge in [0.1, 0.15) is 11.3 Å². The quantitative estimate of drug-likeness (QED) is 0.839. The maximum absolute atomic E-state index is 11.6. The van der Waals surface area contributed by atoms with Gasteiger partial charge in [-0.2, -0.15) is 5.10 Å². The van der Waals surface area contributed by atoms with Crippen LogP contribution in [0.4, 0.5) is 10.6 Å². The SMILES string of the molecule is CCC(=O)c1cc(NC(=O)OC(C)(C)C)nn1C. The second-order valence-electron chi connectivity index (χ2n) is 4.94. The van der Waals surface area contributed by atoms with Gasteiger partial charge in [0.2, 0.25) is 0 Å². The van der Waals surface area contributed by atoms with E-state index in [1.807, 2.05) is 0 Å². The lowest BCUT2D eigenvalue weighted by atomic mass is 10.2. The Labute approximate surface area is 106 Å². The molecule has 1 rings (SSSR count). The van der Waals surface area contributed by atoms with Gasteiger partial charge < -0.3 is 4.74 Å². The molecule has 6 nitrogen and oxygen atoms in total. The summed E-state index contributed by atoms with van der Waals surface area (Å²) in [6.07, 6.45) is -0.193. The van der Waals surface area contributed by atoms with Gasteiger partial charge in [-0.05, 0) is 20.8 Å². The van der Waals surface area contributed by atoms with Crippen molar-refractivity contribution >= 4 is 17.7 Å².